The maximum atomic E-state index is 13.5. The number of para-hydroxylation sites is 1. The summed E-state index contributed by atoms with van der Waals surface area (Å²) in [5.41, 5.74) is 2.12. The smallest absolute Gasteiger partial charge is 0.416 e. The fraction of sp³-hybridized carbons (Fsp3) is 0.214. The quantitative estimate of drug-likeness (QED) is 0.256. The van der Waals surface area contributed by atoms with Crippen LogP contribution >= 0.6 is 11.8 Å². The molecule has 2 N–H and O–H groups in total. The standard InChI is InChI=1S/C28H26F3N5O3S/c1-17-11-12-18(2)22(13-17)33-25(37)16-40-27-35-34-24(15-32-26(38)21-9-4-5-10-23(21)39-3)36(27)20-8-6-7-19(14-20)28(29,30)31/h4-14H,15-16H2,1-3H3,(H,32,38)(H,33,37). The molecule has 0 saturated heterocycles. The second-order valence-corrected chi connectivity index (χ2v) is 9.76. The summed E-state index contributed by atoms with van der Waals surface area (Å²) in [4.78, 5) is 25.5. The zero-order valence-corrected chi connectivity index (χ0v) is 22.7. The van der Waals surface area contributed by atoms with E-state index in [1.807, 2.05) is 32.0 Å². The van der Waals surface area contributed by atoms with E-state index in [-0.39, 0.29) is 40.4 Å². The number of aromatic nitrogens is 3. The zero-order chi connectivity index (χ0) is 28.9. The fourth-order valence-electron chi connectivity index (χ4n) is 3.86. The molecule has 4 rings (SSSR count). The first-order valence-electron chi connectivity index (χ1n) is 12.1. The first kappa shape index (κ1) is 28.7. The molecule has 8 nitrogen and oxygen atoms in total. The molecule has 0 spiro atoms. The molecular formula is C28H26F3N5O3S. The van der Waals surface area contributed by atoms with Crippen LogP contribution in [0, 0.1) is 13.8 Å². The van der Waals surface area contributed by atoms with Crippen molar-refractivity contribution >= 4 is 29.3 Å². The molecule has 2 amide bonds. The van der Waals surface area contributed by atoms with Crippen LogP contribution in [0.1, 0.15) is 32.9 Å². The Morgan fingerprint density at radius 2 is 1.77 bits per heavy atom. The third kappa shape index (κ3) is 6.81. The summed E-state index contributed by atoms with van der Waals surface area (Å²) in [7, 11) is 1.44. The molecule has 0 aliphatic carbocycles. The monoisotopic (exact) mass is 569 g/mol. The molecule has 0 aliphatic rings. The van der Waals surface area contributed by atoms with Crippen molar-refractivity contribution in [2.75, 3.05) is 18.2 Å². The van der Waals surface area contributed by atoms with Gasteiger partial charge in [-0.1, -0.05) is 42.1 Å². The van der Waals surface area contributed by atoms with Gasteiger partial charge in [-0.3, -0.25) is 14.2 Å². The minimum atomic E-state index is -4.57. The van der Waals surface area contributed by atoms with Gasteiger partial charge in [0.25, 0.3) is 5.91 Å². The van der Waals surface area contributed by atoms with Crippen LogP contribution in [0.2, 0.25) is 0 Å². The molecule has 0 aliphatic heterocycles. The molecule has 0 saturated carbocycles. The lowest BCUT2D eigenvalue weighted by atomic mass is 10.1. The number of rotatable bonds is 9. The number of alkyl halides is 3. The molecule has 1 heterocycles. The SMILES string of the molecule is COc1ccccc1C(=O)NCc1nnc(SCC(=O)Nc2cc(C)ccc2C)n1-c1cccc(C(F)(F)F)c1. The Labute approximate surface area is 233 Å². The number of hydrogen-bond acceptors (Lipinski definition) is 6. The number of methoxy groups -OCH3 is 1. The normalized spacial score (nSPS) is 11.2. The average Bonchev–Trinajstić information content (AvgIpc) is 3.35. The maximum Gasteiger partial charge on any atom is 0.416 e. The van der Waals surface area contributed by atoms with Gasteiger partial charge in [-0.2, -0.15) is 13.2 Å². The Kier molecular flexibility index (Phi) is 8.78. The predicted molar refractivity (Wildman–Crippen MR) is 146 cm³/mol. The number of amides is 2. The second-order valence-electron chi connectivity index (χ2n) is 8.82. The summed E-state index contributed by atoms with van der Waals surface area (Å²) in [6.07, 6.45) is -4.57. The highest BCUT2D eigenvalue weighted by Crippen LogP contribution is 2.32. The van der Waals surface area contributed by atoms with Gasteiger partial charge in [-0.05, 0) is 61.4 Å². The number of thioether (sulfide) groups is 1. The van der Waals surface area contributed by atoms with Crippen LogP contribution in [0.4, 0.5) is 18.9 Å². The zero-order valence-electron chi connectivity index (χ0n) is 21.9. The number of carbonyl (C=O) groups is 2. The highest BCUT2D eigenvalue weighted by atomic mass is 32.2. The van der Waals surface area contributed by atoms with Crippen molar-refractivity contribution in [1.82, 2.24) is 20.1 Å². The number of halogens is 3. The molecule has 0 unspecified atom stereocenters. The third-order valence-corrected chi connectivity index (χ3v) is 6.82. The van der Waals surface area contributed by atoms with E-state index in [1.165, 1.54) is 23.8 Å². The van der Waals surface area contributed by atoms with E-state index in [9.17, 15) is 22.8 Å². The molecule has 208 valence electrons. The highest BCUT2D eigenvalue weighted by Gasteiger charge is 2.31. The van der Waals surface area contributed by atoms with Gasteiger partial charge >= 0.3 is 6.18 Å². The minimum Gasteiger partial charge on any atom is -0.496 e. The number of ether oxygens (including phenoxy) is 1. The van der Waals surface area contributed by atoms with Gasteiger partial charge in [0, 0.05) is 5.69 Å². The van der Waals surface area contributed by atoms with Crippen LogP contribution in [0.25, 0.3) is 5.69 Å². The molecule has 3 aromatic carbocycles. The van der Waals surface area contributed by atoms with Gasteiger partial charge in [-0.25, -0.2) is 0 Å². The van der Waals surface area contributed by atoms with E-state index in [0.717, 1.165) is 35.0 Å². The number of carbonyl (C=O) groups excluding carboxylic acids is 2. The van der Waals surface area contributed by atoms with E-state index in [0.29, 0.717) is 11.4 Å². The summed E-state index contributed by atoms with van der Waals surface area (Å²) in [6, 6.07) is 17.0. The number of aryl methyl sites for hydroxylation is 2. The van der Waals surface area contributed by atoms with Crippen LogP contribution in [0.5, 0.6) is 5.75 Å². The van der Waals surface area contributed by atoms with E-state index >= 15 is 0 Å². The van der Waals surface area contributed by atoms with E-state index < -0.39 is 17.6 Å². The predicted octanol–water partition coefficient (Wildman–Crippen LogP) is 5.57. The second kappa shape index (κ2) is 12.2. The Bertz CT molecular complexity index is 1540. The lowest BCUT2D eigenvalue weighted by Gasteiger charge is -2.14. The summed E-state index contributed by atoms with van der Waals surface area (Å²) in [6.45, 7) is 3.64. The molecule has 12 heteroatoms. The van der Waals surface area contributed by atoms with Crippen molar-refractivity contribution in [2.24, 2.45) is 0 Å². The Morgan fingerprint density at radius 3 is 2.52 bits per heavy atom. The minimum absolute atomic E-state index is 0.0714. The molecule has 1 aromatic heterocycles. The number of nitrogens with zero attached hydrogens (tertiary/aromatic N) is 3. The number of hydrogen-bond donors (Lipinski definition) is 2. The van der Waals surface area contributed by atoms with Gasteiger partial charge in [0.2, 0.25) is 5.91 Å². The Hall–Kier alpha value is -4.32. The molecular weight excluding hydrogens is 543 g/mol. The van der Waals surface area contributed by atoms with Crippen LogP contribution in [0.15, 0.2) is 71.9 Å². The first-order chi connectivity index (χ1) is 19.1. The third-order valence-electron chi connectivity index (χ3n) is 5.89. The number of nitrogens with one attached hydrogen (secondary N) is 2. The van der Waals surface area contributed by atoms with E-state index in [1.54, 1.807) is 24.3 Å². The molecule has 4 aromatic rings. The van der Waals surface area contributed by atoms with Crippen LogP contribution in [-0.2, 0) is 17.5 Å². The van der Waals surface area contributed by atoms with Gasteiger partial charge in [0.15, 0.2) is 11.0 Å². The van der Waals surface area contributed by atoms with E-state index in [2.05, 4.69) is 20.8 Å². The maximum absolute atomic E-state index is 13.5. The van der Waals surface area contributed by atoms with Crippen molar-refractivity contribution < 1.29 is 27.5 Å². The van der Waals surface area contributed by atoms with Crippen molar-refractivity contribution in [3.05, 3.63) is 94.8 Å². The summed E-state index contributed by atoms with van der Waals surface area (Å²) < 4.78 is 47.1. The topological polar surface area (TPSA) is 98.1 Å². The molecule has 0 bridgehead atoms. The highest BCUT2D eigenvalue weighted by molar-refractivity contribution is 7.99. The Balaban J connectivity index is 1.59. The first-order valence-corrected chi connectivity index (χ1v) is 13.1. The summed E-state index contributed by atoms with van der Waals surface area (Å²) >= 11 is 1.01. The van der Waals surface area contributed by atoms with E-state index in [4.69, 9.17) is 4.74 Å². The van der Waals surface area contributed by atoms with Gasteiger partial charge in [0.1, 0.15) is 5.75 Å². The van der Waals surface area contributed by atoms with Gasteiger partial charge in [-0.15, -0.1) is 10.2 Å². The molecule has 0 atom stereocenters. The van der Waals surface area contributed by atoms with Crippen molar-refractivity contribution in [3.8, 4) is 11.4 Å². The fourth-order valence-corrected chi connectivity index (χ4v) is 4.63. The van der Waals surface area contributed by atoms with Crippen LogP contribution in [0.3, 0.4) is 0 Å². The Morgan fingerprint density at radius 1 is 1.00 bits per heavy atom. The molecule has 40 heavy (non-hydrogen) atoms. The average molecular weight is 570 g/mol. The lowest BCUT2D eigenvalue weighted by Crippen LogP contribution is -2.25. The van der Waals surface area contributed by atoms with Crippen LogP contribution < -0.4 is 15.4 Å². The van der Waals surface area contributed by atoms with Crippen LogP contribution in [-0.4, -0.2) is 39.4 Å². The number of benzene rings is 3. The van der Waals surface area contributed by atoms with Crippen molar-refractivity contribution in [3.63, 3.8) is 0 Å². The molecule has 0 radical (unpaired) electrons. The largest absolute Gasteiger partial charge is 0.496 e. The van der Waals surface area contributed by atoms with Gasteiger partial charge in [0.05, 0.1) is 36.2 Å². The summed E-state index contributed by atoms with van der Waals surface area (Å²) in [5.74, 6) is -0.301. The lowest BCUT2D eigenvalue weighted by molar-refractivity contribution is -0.137. The number of anilines is 1. The van der Waals surface area contributed by atoms with Gasteiger partial charge < -0.3 is 15.4 Å². The summed E-state index contributed by atoms with van der Waals surface area (Å²) in [5, 5.41) is 14.0. The van der Waals surface area contributed by atoms with Crippen molar-refractivity contribution in [1.29, 1.82) is 0 Å². The van der Waals surface area contributed by atoms with Crippen molar-refractivity contribution in [2.45, 2.75) is 31.7 Å². The molecule has 0 fully saturated rings.